The average Bonchev–Trinajstić information content (AvgIpc) is 2.72. The minimum Gasteiger partial charge on any atom is -0.300 e. The van der Waals surface area contributed by atoms with Gasteiger partial charge in [-0.3, -0.25) is 14.0 Å². The molecule has 2 rings (SSSR count). The Morgan fingerprint density at radius 1 is 1.33 bits per heavy atom. The van der Waals surface area contributed by atoms with E-state index in [1.807, 2.05) is 6.92 Å². The van der Waals surface area contributed by atoms with Crippen molar-refractivity contribution in [1.82, 2.24) is 9.80 Å². The fraction of sp³-hybridized carbons (Fsp3) is 1.00. The lowest BCUT2D eigenvalue weighted by Gasteiger charge is -2.37. The minimum atomic E-state index is -0.590. The molecule has 2 heterocycles. The number of nitrogens with zero attached hydrogens (tertiary/aromatic N) is 2. The van der Waals surface area contributed by atoms with Crippen molar-refractivity contribution in [3.8, 4) is 0 Å². The molecule has 0 aromatic carbocycles. The Labute approximate surface area is 95.3 Å². The van der Waals surface area contributed by atoms with E-state index in [4.69, 9.17) is 0 Å². The molecule has 0 aromatic heterocycles. The lowest BCUT2D eigenvalue weighted by atomic mass is 10.1. The zero-order valence-electron chi connectivity index (χ0n) is 9.65. The summed E-state index contributed by atoms with van der Waals surface area (Å²) >= 11 is 0. The van der Waals surface area contributed by atoms with Crippen molar-refractivity contribution in [2.75, 3.05) is 44.2 Å². The highest BCUT2D eigenvalue weighted by Crippen LogP contribution is 2.21. The van der Waals surface area contributed by atoms with Gasteiger partial charge < -0.3 is 0 Å². The van der Waals surface area contributed by atoms with Crippen molar-refractivity contribution in [3.63, 3.8) is 0 Å². The number of hydrogen-bond acceptors (Lipinski definition) is 3. The van der Waals surface area contributed by atoms with E-state index in [2.05, 4.69) is 9.80 Å². The Bertz CT molecular complexity index is 235. The molecule has 0 N–H and O–H groups in total. The standard InChI is InChI=1S/C11H22N2OS/c1-2-15(14)9-8-12-6-7-13-5-3-4-11(13)10-12/h11H,2-10H2,1H3. The van der Waals surface area contributed by atoms with Gasteiger partial charge in [0.1, 0.15) is 0 Å². The number of piperazine rings is 1. The van der Waals surface area contributed by atoms with Gasteiger partial charge in [0.2, 0.25) is 0 Å². The van der Waals surface area contributed by atoms with E-state index in [0.29, 0.717) is 0 Å². The molecule has 3 nitrogen and oxygen atoms in total. The number of hydrogen-bond donors (Lipinski definition) is 0. The van der Waals surface area contributed by atoms with Crippen LogP contribution < -0.4 is 0 Å². The Morgan fingerprint density at radius 3 is 3.00 bits per heavy atom. The van der Waals surface area contributed by atoms with E-state index in [1.54, 1.807) is 0 Å². The van der Waals surface area contributed by atoms with Crippen molar-refractivity contribution in [1.29, 1.82) is 0 Å². The van der Waals surface area contributed by atoms with Gasteiger partial charge in [-0.05, 0) is 19.4 Å². The predicted molar refractivity (Wildman–Crippen MR) is 64.6 cm³/mol. The Kier molecular flexibility index (Phi) is 4.17. The summed E-state index contributed by atoms with van der Waals surface area (Å²) in [4.78, 5) is 5.12. The molecule has 0 aromatic rings. The van der Waals surface area contributed by atoms with Crippen molar-refractivity contribution < 1.29 is 4.21 Å². The van der Waals surface area contributed by atoms with Crippen LogP contribution in [0.15, 0.2) is 0 Å². The summed E-state index contributed by atoms with van der Waals surface area (Å²) in [7, 11) is -0.590. The third kappa shape index (κ3) is 3.02. The van der Waals surface area contributed by atoms with Crippen molar-refractivity contribution in [2.24, 2.45) is 0 Å². The van der Waals surface area contributed by atoms with Gasteiger partial charge in [-0.1, -0.05) is 6.92 Å². The van der Waals surface area contributed by atoms with Gasteiger partial charge in [0.15, 0.2) is 0 Å². The molecule has 0 amide bonds. The van der Waals surface area contributed by atoms with Gasteiger partial charge in [0.25, 0.3) is 0 Å². The zero-order chi connectivity index (χ0) is 10.7. The van der Waals surface area contributed by atoms with Crippen LogP contribution in [0.25, 0.3) is 0 Å². The molecule has 2 aliphatic rings. The SMILES string of the molecule is CCS(=O)CCN1CCN2CCCC2C1. The van der Waals surface area contributed by atoms with Crippen molar-refractivity contribution >= 4 is 10.8 Å². The van der Waals surface area contributed by atoms with Crippen LogP contribution >= 0.6 is 0 Å². The second-order valence-electron chi connectivity index (χ2n) is 4.57. The van der Waals surface area contributed by atoms with Crippen LogP contribution in [0.3, 0.4) is 0 Å². The summed E-state index contributed by atoms with van der Waals surface area (Å²) < 4.78 is 11.4. The molecule has 88 valence electrons. The third-order valence-electron chi connectivity index (χ3n) is 3.63. The summed E-state index contributed by atoms with van der Waals surface area (Å²) in [5, 5.41) is 0. The Hall–Kier alpha value is 0.0700. The fourth-order valence-corrected chi connectivity index (χ4v) is 3.38. The van der Waals surface area contributed by atoms with Crippen LogP contribution in [0, 0.1) is 0 Å². The van der Waals surface area contributed by atoms with Crippen molar-refractivity contribution in [2.45, 2.75) is 25.8 Å². The molecule has 2 atom stereocenters. The number of fused-ring (bicyclic) bond motifs is 1. The molecule has 0 bridgehead atoms. The fourth-order valence-electron chi connectivity index (χ4n) is 2.63. The van der Waals surface area contributed by atoms with Gasteiger partial charge in [-0.25, -0.2) is 0 Å². The van der Waals surface area contributed by atoms with Crippen LogP contribution in [0.2, 0.25) is 0 Å². The van der Waals surface area contributed by atoms with Gasteiger partial charge in [-0.15, -0.1) is 0 Å². The molecule has 2 fully saturated rings. The van der Waals surface area contributed by atoms with E-state index >= 15 is 0 Å². The highest BCUT2D eigenvalue weighted by atomic mass is 32.2. The lowest BCUT2D eigenvalue weighted by molar-refractivity contribution is 0.110. The van der Waals surface area contributed by atoms with Crippen LogP contribution in [-0.2, 0) is 10.8 Å². The molecule has 0 aliphatic carbocycles. The van der Waals surface area contributed by atoms with E-state index in [0.717, 1.165) is 24.1 Å². The first-order chi connectivity index (χ1) is 7.29. The van der Waals surface area contributed by atoms with E-state index < -0.39 is 10.8 Å². The highest BCUT2D eigenvalue weighted by Gasteiger charge is 2.30. The smallest absolute Gasteiger partial charge is 0.0362 e. The molecule has 2 saturated heterocycles. The first-order valence-corrected chi connectivity index (χ1v) is 7.59. The van der Waals surface area contributed by atoms with E-state index in [1.165, 1.54) is 39.0 Å². The predicted octanol–water partition coefficient (Wildman–Crippen LogP) is 0.535. The highest BCUT2D eigenvalue weighted by molar-refractivity contribution is 7.84. The third-order valence-corrected chi connectivity index (χ3v) is 4.91. The molecule has 4 heteroatoms. The molecule has 0 radical (unpaired) electrons. The van der Waals surface area contributed by atoms with Crippen LogP contribution in [0.4, 0.5) is 0 Å². The first kappa shape index (κ1) is 11.6. The molecule has 15 heavy (non-hydrogen) atoms. The largest absolute Gasteiger partial charge is 0.300 e. The Morgan fingerprint density at radius 2 is 2.20 bits per heavy atom. The molecule has 2 unspecified atom stereocenters. The summed E-state index contributed by atoms with van der Waals surface area (Å²) in [6.45, 7) is 7.96. The number of rotatable bonds is 4. The van der Waals surface area contributed by atoms with Gasteiger partial charge in [0, 0.05) is 54.5 Å². The summed E-state index contributed by atoms with van der Waals surface area (Å²) in [6, 6.07) is 0.800. The van der Waals surface area contributed by atoms with Crippen LogP contribution in [-0.4, -0.2) is 64.3 Å². The average molecular weight is 230 g/mol. The van der Waals surface area contributed by atoms with Crippen LogP contribution in [0.1, 0.15) is 19.8 Å². The maximum atomic E-state index is 11.4. The quantitative estimate of drug-likeness (QED) is 0.704. The molecular formula is C11H22N2OS. The molecule has 2 aliphatic heterocycles. The molecule has 0 saturated carbocycles. The molecule has 0 spiro atoms. The lowest BCUT2D eigenvalue weighted by Crippen LogP contribution is -2.50. The van der Waals surface area contributed by atoms with Crippen LogP contribution in [0.5, 0.6) is 0 Å². The van der Waals surface area contributed by atoms with Crippen molar-refractivity contribution in [3.05, 3.63) is 0 Å². The summed E-state index contributed by atoms with van der Waals surface area (Å²) in [6.07, 6.45) is 2.74. The normalized spacial score (nSPS) is 30.3. The topological polar surface area (TPSA) is 23.6 Å². The second kappa shape index (κ2) is 5.41. The summed E-state index contributed by atoms with van der Waals surface area (Å²) in [5.74, 6) is 1.67. The minimum absolute atomic E-state index is 0.590. The maximum absolute atomic E-state index is 11.4. The van der Waals surface area contributed by atoms with Gasteiger partial charge >= 0.3 is 0 Å². The monoisotopic (exact) mass is 230 g/mol. The maximum Gasteiger partial charge on any atom is 0.0362 e. The Balaban J connectivity index is 1.73. The second-order valence-corrected chi connectivity index (χ2v) is 6.43. The molecular weight excluding hydrogens is 208 g/mol. The summed E-state index contributed by atoms with van der Waals surface area (Å²) in [5.41, 5.74) is 0. The van der Waals surface area contributed by atoms with E-state index in [9.17, 15) is 4.21 Å². The van der Waals surface area contributed by atoms with Gasteiger partial charge in [0.05, 0.1) is 0 Å². The van der Waals surface area contributed by atoms with E-state index in [-0.39, 0.29) is 0 Å². The zero-order valence-corrected chi connectivity index (χ0v) is 10.5. The first-order valence-electron chi connectivity index (χ1n) is 6.11. The van der Waals surface area contributed by atoms with Gasteiger partial charge in [-0.2, -0.15) is 0 Å².